The predicted molar refractivity (Wildman–Crippen MR) is 207 cm³/mol. The smallest absolute Gasteiger partial charge is 0.305 e. The maximum atomic E-state index is 12.3. The van der Waals surface area contributed by atoms with Crippen molar-refractivity contribution in [3.8, 4) is 0 Å². The minimum absolute atomic E-state index is 0.229. The van der Waals surface area contributed by atoms with E-state index in [1.165, 1.54) is 148 Å². The quantitative estimate of drug-likeness (QED) is 0.0318. The predicted octanol–water partition coefficient (Wildman–Crippen LogP) is 9.47. The number of carbonyl (C=O) groups excluding carboxylic acids is 2. The normalized spacial score (nSPS) is 14.1. The summed E-state index contributed by atoms with van der Waals surface area (Å²) in [5, 5.41) is 43.4. The fourth-order valence-electron chi connectivity index (χ4n) is 6.50. The molecule has 0 saturated carbocycles. The number of rotatable bonds is 38. The molecule has 0 fully saturated rings. The largest absolute Gasteiger partial charge is 0.463 e. The zero-order chi connectivity index (χ0) is 37.1. The lowest BCUT2D eigenvalue weighted by atomic mass is 10.0. The number of hydrogen-bond acceptors (Lipinski definition) is 7. The van der Waals surface area contributed by atoms with Gasteiger partial charge in [0.1, 0.15) is 24.9 Å². The van der Waals surface area contributed by atoms with Crippen LogP contribution < -0.4 is 5.32 Å². The average molecular weight is 714 g/mol. The highest BCUT2D eigenvalue weighted by Crippen LogP contribution is 2.16. The molecule has 0 aromatic heterocycles. The van der Waals surface area contributed by atoms with Crippen LogP contribution in [0.1, 0.15) is 213 Å². The number of aliphatic hydroxyl groups excluding tert-OH is 4. The molecule has 0 rings (SSSR count). The van der Waals surface area contributed by atoms with Crippen LogP contribution in [-0.2, 0) is 14.3 Å². The Labute approximate surface area is 308 Å². The van der Waals surface area contributed by atoms with Gasteiger partial charge in [-0.1, -0.05) is 194 Å². The summed E-state index contributed by atoms with van der Waals surface area (Å²) in [4.78, 5) is 24.3. The van der Waals surface area contributed by atoms with Gasteiger partial charge in [-0.3, -0.25) is 9.59 Å². The highest BCUT2D eigenvalue weighted by Gasteiger charge is 2.34. The first-order valence-electron chi connectivity index (χ1n) is 21.4. The number of unbranched alkanes of at least 4 members (excludes halogenated alkanes) is 26. The Hall–Kier alpha value is -1.22. The van der Waals surface area contributed by atoms with E-state index >= 15 is 0 Å². The van der Waals surface area contributed by atoms with Crippen molar-refractivity contribution in [2.45, 2.75) is 238 Å². The highest BCUT2D eigenvalue weighted by molar-refractivity contribution is 5.81. The van der Waals surface area contributed by atoms with Crippen molar-refractivity contribution in [3.63, 3.8) is 0 Å². The zero-order valence-corrected chi connectivity index (χ0v) is 33.0. The first-order chi connectivity index (χ1) is 24.2. The summed E-state index contributed by atoms with van der Waals surface area (Å²) >= 11 is 0. The minimum Gasteiger partial charge on any atom is -0.463 e. The van der Waals surface area contributed by atoms with Gasteiger partial charge in [-0.15, -0.1) is 0 Å². The van der Waals surface area contributed by atoms with Crippen LogP contribution in [0.15, 0.2) is 0 Å². The molecule has 1 amide bonds. The average Bonchev–Trinajstić information content (AvgIpc) is 3.10. The molecule has 0 aromatic carbocycles. The van der Waals surface area contributed by atoms with Crippen molar-refractivity contribution in [1.82, 2.24) is 5.32 Å². The van der Waals surface area contributed by atoms with E-state index in [9.17, 15) is 30.0 Å². The maximum Gasteiger partial charge on any atom is 0.305 e. The Bertz CT molecular complexity index is 750. The fraction of sp³-hybridized carbons (Fsp3) is 0.952. The lowest BCUT2D eigenvalue weighted by Crippen LogP contribution is -2.52. The Kier molecular flexibility index (Phi) is 35.3. The summed E-state index contributed by atoms with van der Waals surface area (Å²) < 4.78 is 5.06. The molecule has 4 unspecified atom stereocenters. The van der Waals surface area contributed by atoms with E-state index in [1.54, 1.807) is 0 Å². The third-order valence-corrected chi connectivity index (χ3v) is 9.99. The van der Waals surface area contributed by atoms with E-state index in [0.717, 1.165) is 38.0 Å². The molecule has 0 radical (unpaired) electrons. The Balaban J connectivity index is 3.71. The second-order valence-corrected chi connectivity index (χ2v) is 15.4. The molecule has 0 saturated heterocycles. The molecule has 0 bridgehead atoms. The van der Waals surface area contributed by atoms with E-state index in [1.807, 2.05) is 0 Å². The second kappa shape index (κ2) is 36.2. The molecule has 8 nitrogen and oxygen atoms in total. The summed E-state index contributed by atoms with van der Waals surface area (Å²) in [7, 11) is 0. The SMILES string of the molecule is CCCCCCCCCCCCCCCCCCNC(=O)C(O)C(O)C(O)C(O)COC(=O)CCCCCCCCCCCCCCC(C)C. The van der Waals surface area contributed by atoms with Crippen LogP contribution in [0.25, 0.3) is 0 Å². The van der Waals surface area contributed by atoms with Gasteiger partial charge in [0.2, 0.25) is 0 Å². The molecule has 5 N–H and O–H groups in total. The summed E-state index contributed by atoms with van der Waals surface area (Å²) in [6, 6.07) is 0. The minimum atomic E-state index is -1.90. The van der Waals surface area contributed by atoms with Crippen LogP contribution in [0, 0.1) is 5.92 Å². The molecule has 4 atom stereocenters. The van der Waals surface area contributed by atoms with Gasteiger partial charge in [0.25, 0.3) is 5.91 Å². The van der Waals surface area contributed by atoms with Crippen LogP contribution >= 0.6 is 0 Å². The molecule has 0 aliphatic heterocycles. The fourth-order valence-corrected chi connectivity index (χ4v) is 6.50. The lowest BCUT2D eigenvalue weighted by molar-refractivity contribution is -0.159. The molecular weight excluding hydrogens is 630 g/mol. The maximum absolute atomic E-state index is 12.3. The van der Waals surface area contributed by atoms with Gasteiger partial charge < -0.3 is 30.5 Å². The molecule has 0 aliphatic rings. The van der Waals surface area contributed by atoms with Crippen LogP contribution in [0.5, 0.6) is 0 Å². The number of amides is 1. The zero-order valence-electron chi connectivity index (χ0n) is 33.0. The Morgan fingerprint density at radius 1 is 0.520 bits per heavy atom. The molecule has 0 heterocycles. The van der Waals surface area contributed by atoms with Crippen molar-refractivity contribution in [1.29, 1.82) is 0 Å². The first-order valence-corrected chi connectivity index (χ1v) is 21.4. The molecular formula is C42H83NO7. The Morgan fingerprint density at radius 3 is 1.32 bits per heavy atom. The molecule has 0 spiro atoms. The second-order valence-electron chi connectivity index (χ2n) is 15.4. The monoisotopic (exact) mass is 714 g/mol. The van der Waals surface area contributed by atoms with E-state index in [2.05, 4.69) is 26.1 Å². The standard InChI is InChI=1S/C42H83NO7/c1-4-5-6-7-8-9-10-11-12-13-16-19-22-25-28-31-34-43-42(49)41(48)40(47)39(46)37(44)35-50-38(45)33-30-27-24-21-18-15-14-17-20-23-26-29-32-36(2)3/h36-37,39-41,44,46-48H,4-35H2,1-3H3,(H,43,49). The number of nitrogens with one attached hydrogen (secondary N) is 1. The van der Waals surface area contributed by atoms with Crippen LogP contribution in [-0.4, -0.2) is 69.9 Å². The summed E-state index contributed by atoms with van der Waals surface area (Å²) in [6.45, 7) is 6.70. The van der Waals surface area contributed by atoms with Gasteiger partial charge in [-0.05, 0) is 18.8 Å². The van der Waals surface area contributed by atoms with Gasteiger partial charge in [0.15, 0.2) is 6.10 Å². The molecule has 0 aliphatic carbocycles. The highest BCUT2D eigenvalue weighted by atomic mass is 16.5. The van der Waals surface area contributed by atoms with Gasteiger partial charge in [-0.25, -0.2) is 0 Å². The van der Waals surface area contributed by atoms with Crippen LogP contribution in [0.2, 0.25) is 0 Å². The number of aliphatic hydroxyl groups is 4. The Morgan fingerprint density at radius 2 is 0.900 bits per heavy atom. The first kappa shape index (κ1) is 48.8. The van der Waals surface area contributed by atoms with Gasteiger partial charge in [0.05, 0.1) is 0 Å². The van der Waals surface area contributed by atoms with Gasteiger partial charge in [-0.2, -0.15) is 0 Å². The molecule has 298 valence electrons. The van der Waals surface area contributed by atoms with Crippen molar-refractivity contribution in [2.24, 2.45) is 5.92 Å². The summed E-state index contributed by atoms with van der Waals surface area (Å²) in [6.07, 6.45) is 29.0. The molecule has 8 heteroatoms. The van der Waals surface area contributed by atoms with Gasteiger partial charge >= 0.3 is 5.97 Å². The van der Waals surface area contributed by atoms with E-state index in [4.69, 9.17) is 4.74 Å². The topological polar surface area (TPSA) is 136 Å². The van der Waals surface area contributed by atoms with E-state index in [0.29, 0.717) is 13.0 Å². The third kappa shape index (κ3) is 31.5. The number of carbonyl (C=O) groups is 2. The molecule has 0 aromatic rings. The van der Waals surface area contributed by atoms with Crippen molar-refractivity contribution in [3.05, 3.63) is 0 Å². The van der Waals surface area contributed by atoms with Crippen molar-refractivity contribution >= 4 is 11.9 Å². The number of hydrogen-bond donors (Lipinski definition) is 5. The summed E-state index contributed by atoms with van der Waals surface area (Å²) in [5.41, 5.74) is 0. The third-order valence-electron chi connectivity index (χ3n) is 9.99. The summed E-state index contributed by atoms with van der Waals surface area (Å²) in [5.74, 6) is -0.455. The van der Waals surface area contributed by atoms with E-state index < -0.39 is 42.9 Å². The van der Waals surface area contributed by atoms with Crippen LogP contribution in [0.4, 0.5) is 0 Å². The number of esters is 1. The van der Waals surface area contributed by atoms with Crippen molar-refractivity contribution in [2.75, 3.05) is 13.2 Å². The number of ether oxygens (including phenoxy) is 1. The van der Waals surface area contributed by atoms with Crippen molar-refractivity contribution < 1.29 is 34.8 Å². The van der Waals surface area contributed by atoms with Gasteiger partial charge in [0, 0.05) is 13.0 Å². The molecule has 50 heavy (non-hydrogen) atoms. The van der Waals surface area contributed by atoms with Crippen LogP contribution in [0.3, 0.4) is 0 Å². The van der Waals surface area contributed by atoms with E-state index in [-0.39, 0.29) is 6.42 Å². The lowest BCUT2D eigenvalue weighted by Gasteiger charge is -2.25.